The molecule has 0 aromatic rings. The lowest BCUT2D eigenvalue weighted by Gasteiger charge is -2.35. The molecule has 0 rings (SSSR count). The van der Waals surface area contributed by atoms with Crippen LogP contribution in [-0.2, 0) is 33.4 Å². The zero-order valence-corrected chi connectivity index (χ0v) is 21.6. The van der Waals surface area contributed by atoms with Crippen molar-refractivity contribution < 1.29 is 33.4 Å². The van der Waals surface area contributed by atoms with Gasteiger partial charge in [-0.25, -0.2) is 0 Å². The zero-order valence-electron chi connectivity index (χ0n) is 21.6. The molecule has 0 radical (unpaired) electrons. The van der Waals surface area contributed by atoms with Gasteiger partial charge >= 0.3 is 17.9 Å². The topological polar surface area (TPSA) is 108 Å². The summed E-state index contributed by atoms with van der Waals surface area (Å²) in [7, 11) is 0. The Kier molecular flexibility index (Phi) is 10.9. The number of amides is 1. The molecule has 1 N–H and O–H groups in total. The third kappa shape index (κ3) is 15.6. The second-order valence-electron chi connectivity index (χ2n) is 11.2. The maximum Gasteiger partial charge on any atom is 0.306 e. The standard InChI is InChI=1S/C24H43NO7/c1-17(26)25-24(14-11-18(27)30-21(2,3)4,15-12-19(28)31-22(5,6)7)16-13-20(29)32-23(8,9)10/h11-16H2,1-10H3,(H,25,26). The van der Waals surface area contributed by atoms with Gasteiger partial charge < -0.3 is 19.5 Å². The van der Waals surface area contributed by atoms with E-state index in [1.165, 1.54) is 6.92 Å². The lowest BCUT2D eigenvalue weighted by molar-refractivity contribution is -0.155. The average molecular weight is 458 g/mol. The molecule has 186 valence electrons. The van der Waals surface area contributed by atoms with Crippen molar-refractivity contribution in [3.8, 4) is 0 Å². The van der Waals surface area contributed by atoms with Gasteiger partial charge in [0.25, 0.3) is 0 Å². The molecule has 0 saturated carbocycles. The molecule has 0 aliphatic heterocycles. The zero-order chi connectivity index (χ0) is 25.4. The van der Waals surface area contributed by atoms with Crippen molar-refractivity contribution in [1.29, 1.82) is 0 Å². The highest BCUT2D eigenvalue weighted by Crippen LogP contribution is 2.28. The van der Waals surface area contributed by atoms with Gasteiger partial charge in [-0.2, -0.15) is 0 Å². The first-order chi connectivity index (χ1) is 14.2. The molecule has 0 atom stereocenters. The number of carbonyl (C=O) groups excluding carboxylic acids is 4. The van der Waals surface area contributed by atoms with E-state index in [0.717, 1.165) is 0 Å². The molecule has 0 unspecified atom stereocenters. The first kappa shape index (κ1) is 29.9. The van der Waals surface area contributed by atoms with Crippen LogP contribution in [0.1, 0.15) is 108 Å². The maximum absolute atomic E-state index is 12.3. The van der Waals surface area contributed by atoms with Crippen LogP contribution >= 0.6 is 0 Å². The molecule has 1 amide bonds. The van der Waals surface area contributed by atoms with E-state index in [0.29, 0.717) is 0 Å². The predicted molar refractivity (Wildman–Crippen MR) is 122 cm³/mol. The van der Waals surface area contributed by atoms with Crippen LogP contribution in [0.25, 0.3) is 0 Å². The number of hydrogen-bond donors (Lipinski definition) is 1. The molecule has 0 aliphatic rings. The van der Waals surface area contributed by atoms with E-state index in [9.17, 15) is 19.2 Å². The first-order valence-corrected chi connectivity index (χ1v) is 11.2. The molecule has 0 aromatic heterocycles. The van der Waals surface area contributed by atoms with Gasteiger partial charge in [-0.1, -0.05) is 0 Å². The number of ether oxygens (including phenoxy) is 3. The molecule has 0 spiro atoms. The van der Waals surface area contributed by atoms with E-state index in [-0.39, 0.29) is 44.4 Å². The molecule has 0 saturated heterocycles. The Hall–Kier alpha value is -2.12. The van der Waals surface area contributed by atoms with Gasteiger partial charge in [-0.3, -0.25) is 19.2 Å². The van der Waals surface area contributed by atoms with Gasteiger partial charge in [0.05, 0.1) is 0 Å². The van der Waals surface area contributed by atoms with Crippen molar-refractivity contribution in [1.82, 2.24) is 5.32 Å². The van der Waals surface area contributed by atoms with Crippen LogP contribution in [0, 0.1) is 0 Å². The summed E-state index contributed by atoms with van der Waals surface area (Å²) in [6, 6.07) is 0. The average Bonchev–Trinajstić information content (AvgIpc) is 2.51. The Morgan fingerprint density at radius 2 is 0.812 bits per heavy atom. The second kappa shape index (κ2) is 11.7. The summed E-state index contributed by atoms with van der Waals surface area (Å²) in [6.07, 6.45) is 0.730. The molecule has 8 nitrogen and oxygen atoms in total. The quantitative estimate of drug-likeness (QED) is 0.386. The fourth-order valence-electron chi connectivity index (χ4n) is 3.14. The van der Waals surface area contributed by atoms with E-state index in [4.69, 9.17) is 14.2 Å². The van der Waals surface area contributed by atoms with Crippen LogP contribution in [0.15, 0.2) is 0 Å². The van der Waals surface area contributed by atoms with Gasteiger partial charge in [0, 0.05) is 31.7 Å². The largest absolute Gasteiger partial charge is 0.460 e. The van der Waals surface area contributed by atoms with Gasteiger partial charge in [-0.05, 0) is 81.6 Å². The van der Waals surface area contributed by atoms with Crippen molar-refractivity contribution in [3.63, 3.8) is 0 Å². The van der Waals surface area contributed by atoms with Crippen LogP contribution in [-0.4, -0.2) is 46.2 Å². The van der Waals surface area contributed by atoms with E-state index in [2.05, 4.69) is 5.32 Å². The normalized spacial score (nSPS) is 12.7. The molecule has 32 heavy (non-hydrogen) atoms. The summed E-state index contributed by atoms with van der Waals surface area (Å²) in [5.74, 6) is -1.56. The van der Waals surface area contributed by atoms with E-state index in [1.54, 1.807) is 62.3 Å². The Morgan fingerprint density at radius 3 is 1.00 bits per heavy atom. The third-order valence-electron chi connectivity index (χ3n) is 4.12. The highest BCUT2D eigenvalue weighted by molar-refractivity contribution is 5.75. The predicted octanol–water partition coefficient (Wildman–Crippen LogP) is 4.23. The summed E-state index contributed by atoms with van der Waals surface area (Å²) in [5, 5.41) is 2.89. The smallest absolute Gasteiger partial charge is 0.306 e. The fraction of sp³-hybridized carbons (Fsp3) is 0.833. The summed E-state index contributed by atoms with van der Waals surface area (Å²) >= 11 is 0. The molecule has 0 aromatic carbocycles. The van der Waals surface area contributed by atoms with Crippen molar-refractivity contribution in [3.05, 3.63) is 0 Å². The van der Waals surface area contributed by atoms with Gasteiger partial charge in [0.15, 0.2) is 0 Å². The SMILES string of the molecule is CC(=O)NC(CCC(=O)OC(C)(C)C)(CCC(=O)OC(C)(C)C)CCC(=O)OC(C)(C)C. The van der Waals surface area contributed by atoms with Gasteiger partial charge in [0.2, 0.25) is 5.91 Å². The number of nitrogens with one attached hydrogen (secondary N) is 1. The lowest BCUT2D eigenvalue weighted by Crippen LogP contribution is -2.49. The Morgan fingerprint density at radius 1 is 0.562 bits per heavy atom. The van der Waals surface area contributed by atoms with Crippen molar-refractivity contribution in [2.75, 3.05) is 0 Å². The van der Waals surface area contributed by atoms with E-state index in [1.807, 2.05) is 0 Å². The summed E-state index contributed by atoms with van der Waals surface area (Å²) in [4.78, 5) is 49.0. The van der Waals surface area contributed by atoms with Gasteiger partial charge in [-0.15, -0.1) is 0 Å². The fourth-order valence-corrected chi connectivity index (χ4v) is 3.14. The third-order valence-corrected chi connectivity index (χ3v) is 4.12. The molecular formula is C24H43NO7. The number of carbonyl (C=O) groups is 4. The molecule has 0 aliphatic carbocycles. The number of rotatable bonds is 10. The monoisotopic (exact) mass is 457 g/mol. The molecule has 0 heterocycles. The highest BCUT2D eigenvalue weighted by Gasteiger charge is 2.35. The minimum absolute atomic E-state index is 0.0280. The number of hydrogen-bond acceptors (Lipinski definition) is 7. The van der Waals surface area contributed by atoms with Crippen molar-refractivity contribution in [2.24, 2.45) is 0 Å². The minimum atomic E-state index is -0.962. The van der Waals surface area contributed by atoms with Gasteiger partial charge in [0.1, 0.15) is 16.8 Å². The second-order valence-corrected chi connectivity index (χ2v) is 11.2. The van der Waals surface area contributed by atoms with Crippen LogP contribution in [0.2, 0.25) is 0 Å². The number of esters is 3. The maximum atomic E-state index is 12.3. The van der Waals surface area contributed by atoms with E-state index < -0.39 is 40.2 Å². The van der Waals surface area contributed by atoms with E-state index >= 15 is 0 Å². The van der Waals surface area contributed by atoms with Crippen molar-refractivity contribution >= 4 is 23.8 Å². The summed E-state index contributed by atoms with van der Waals surface area (Å²) in [6.45, 7) is 17.3. The summed E-state index contributed by atoms with van der Waals surface area (Å²) in [5.41, 5.74) is -2.88. The summed E-state index contributed by atoms with van der Waals surface area (Å²) < 4.78 is 16.2. The Bertz CT molecular complexity index is 584. The van der Waals surface area contributed by atoms with Crippen LogP contribution in [0.5, 0.6) is 0 Å². The lowest BCUT2D eigenvalue weighted by atomic mass is 9.83. The molecule has 0 bridgehead atoms. The Labute approximate surface area is 193 Å². The van der Waals surface area contributed by atoms with Crippen LogP contribution < -0.4 is 5.32 Å². The highest BCUT2D eigenvalue weighted by atomic mass is 16.6. The first-order valence-electron chi connectivity index (χ1n) is 11.2. The Balaban J connectivity index is 5.55. The van der Waals surface area contributed by atoms with Crippen molar-refractivity contribution in [2.45, 2.75) is 130 Å². The molecular weight excluding hydrogens is 414 g/mol. The van der Waals surface area contributed by atoms with Crippen LogP contribution in [0.3, 0.4) is 0 Å². The molecule has 0 fully saturated rings. The molecule has 8 heteroatoms. The minimum Gasteiger partial charge on any atom is -0.460 e. The van der Waals surface area contributed by atoms with Crippen LogP contribution in [0.4, 0.5) is 0 Å².